The summed E-state index contributed by atoms with van der Waals surface area (Å²) in [6, 6.07) is 7.27. The topological polar surface area (TPSA) is 75.9 Å². The molecule has 1 aliphatic heterocycles. The van der Waals surface area contributed by atoms with Crippen molar-refractivity contribution < 1.29 is 14.3 Å². The number of carbonyl (C=O) groups excluding carboxylic acids is 2. The lowest BCUT2D eigenvalue weighted by atomic mass is 10.1. The van der Waals surface area contributed by atoms with Crippen molar-refractivity contribution in [3.8, 4) is 5.75 Å². The van der Waals surface area contributed by atoms with E-state index in [1.807, 2.05) is 38.1 Å². The van der Waals surface area contributed by atoms with E-state index in [1.54, 1.807) is 12.0 Å². The second-order valence-electron chi connectivity index (χ2n) is 6.08. The molecule has 1 saturated heterocycles. The number of piperazine rings is 1. The Balaban J connectivity index is 2.07. The first kappa shape index (κ1) is 17.3. The molecule has 0 radical (unpaired) electrons. The first-order chi connectivity index (χ1) is 10.9. The highest BCUT2D eigenvalue weighted by atomic mass is 16.5. The van der Waals surface area contributed by atoms with Crippen molar-refractivity contribution in [3.63, 3.8) is 0 Å². The van der Waals surface area contributed by atoms with E-state index in [0.29, 0.717) is 25.4 Å². The van der Waals surface area contributed by atoms with Crippen molar-refractivity contribution in [2.45, 2.75) is 32.4 Å². The van der Waals surface area contributed by atoms with Crippen LogP contribution in [0.15, 0.2) is 24.3 Å². The molecule has 0 unspecified atom stereocenters. The van der Waals surface area contributed by atoms with Gasteiger partial charge in [-0.3, -0.25) is 14.5 Å². The second kappa shape index (κ2) is 7.46. The van der Waals surface area contributed by atoms with Gasteiger partial charge >= 0.3 is 0 Å². The van der Waals surface area contributed by atoms with Gasteiger partial charge in [-0.2, -0.15) is 0 Å². The number of rotatable bonds is 5. The summed E-state index contributed by atoms with van der Waals surface area (Å²) in [7, 11) is 1.59. The summed E-state index contributed by atoms with van der Waals surface area (Å²) in [5, 5.41) is 0. The van der Waals surface area contributed by atoms with E-state index < -0.39 is 6.04 Å². The van der Waals surface area contributed by atoms with Crippen LogP contribution in [0, 0.1) is 0 Å². The first-order valence-electron chi connectivity index (χ1n) is 7.88. The molecule has 126 valence electrons. The van der Waals surface area contributed by atoms with Crippen LogP contribution in [0.3, 0.4) is 0 Å². The molecule has 1 aromatic carbocycles. The summed E-state index contributed by atoms with van der Waals surface area (Å²) in [5.41, 5.74) is 6.37. The van der Waals surface area contributed by atoms with E-state index >= 15 is 0 Å². The van der Waals surface area contributed by atoms with Gasteiger partial charge < -0.3 is 15.4 Å². The molecule has 1 fully saturated rings. The predicted molar refractivity (Wildman–Crippen MR) is 88.1 cm³/mol. The van der Waals surface area contributed by atoms with Crippen LogP contribution >= 0.6 is 0 Å². The van der Waals surface area contributed by atoms with Gasteiger partial charge in [0, 0.05) is 31.2 Å². The van der Waals surface area contributed by atoms with Crippen LogP contribution in [-0.4, -0.2) is 60.4 Å². The number of amides is 2. The van der Waals surface area contributed by atoms with Gasteiger partial charge in [0.1, 0.15) is 11.8 Å². The van der Waals surface area contributed by atoms with Crippen molar-refractivity contribution in [1.29, 1.82) is 0 Å². The van der Waals surface area contributed by atoms with Crippen LogP contribution < -0.4 is 10.5 Å². The van der Waals surface area contributed by atoms with Crippen molar-refractivity contribution in [1.82, 2.24) is 9.80 Å². The maximum atomic E-state index is 12.6. The summed E-state index contributed by atoms with van der Waals surface area (Å²) in [6.07, 6.45) is 0.261. The zero-order chi connectivity index (χ0) is 17.0. The number of methoxy groups -OCH3 is 1. The molecular formula is C17H25N3O3. The number of benzene rings is 1. The van der Waals surface area contributed by atoms with Crippen LogP contribution in [0.1, 0.15) is 19.4 Å². The summed E-state index contributed by atoms with van der Waals surface area (Å²) in [6.45, 7) is 5.67. The van der Waals surface area contributed by atoms with Gasteiger partial charge in [0.05, 0.1) is 13.5 Å². The van der Waals surface area contributed by atoms with Crippen molar-refractivity contribution in [2.75, 3.05) is 26.7 Å². The number of hydrogen-bond acceptors (Lipinski definition) is 4. The number of hydrogen-bond donors (Lipinski definition) is 1. The highest BCUT2D eigenvalue weighted by Crippen LogP contribution is 2.20. The molecule has 1 atom stereocenters. The summed E-state index contributed by atoms with van der Waals surface area (Å²) in [5.74, 6) is 0.311. The molecule has 0 spiro atoms. The van der Waals surface area contributed by atoms with Gasteiger partial charge in [-0.15, -0.1) is 0 Å². The average Bonchev–Trinajstić information content (AvgIpc) is 2.54. The van der Waals surface area contributed by atoms with Crippen molar-refractivity contribution >= 4 is 11.8 Å². The van der Waals surface area contributed by atoms with Gasteiger partial charge in [0.2, 0.25) is 11.8 Å². The lowest BCUT2D eigenvalue weighted by Gasteiger charge is -2.42. The summed E-state index contributed by atoms with van der Waals surface area (Å²) in [4.78, 5) is 28.1. The van der Waals surface area contributed by atoms with Gasteiger partial charge in [-0.25, -0.2) is 0 Å². The minimum Gasteiger partial charge on any atom is -0.496 e. The van der Waals surface area contributed by atoms with Crippen LogP contribution in [0.4, 0.5) is 0 Å². The molecule has 2 N–H and O–H groups in total. The van der Waals surface area contributed by atoms with E-state index in [2.05, 4.69) is 4.90 Å². The SMILES string of the molecule is COc1ccccc1CC(=O)N1CCN(C(C)C)[C@H](C(N)=O)C1. The Morgan fingerprint density at radius 2 is 2.00 bits per heavy atom. The Hall–Kier alpha value is -2.08. The number of carbonyl (C=O) groups is 2. The van der Waals surface area contributed by atoms with E-state index in [0.717, 1.165) is 5.56 Å². The molecule has 0 aromatic heterocycles. The summed E-state index contributed by atoms with van der Waals surface area (Å²) < 4.78 is 5.29. The fraction of sp³-hybridized carbons (Fsp3) is 0.529. The Morgan fingerprint density at radius 3 is 2.61 bits per heavy atom. The lowest BCUT2D eigenvalue weighted by molar-refractivity contribution is -0.137. The smallest absolute Gasteiger partial charge is 0.236 e. The molecule has 2 rings (SSSR count). The van der Waals surface area contributed by atoms with E-state index in [9.17, 15) is 9.59 Å². The van der Waals surface area contributed by atoms with Gasteiger partial charge in [-0.1, -0.05) is 18.2 Å². The van der Waals surface area contributed by atoms with Gasteiger partial charge in [0.25, 0.3) is 0 Å². The molecule has 6 nitrogen and oxygen atoms in total. The van der Waals surface area contributed by atoms with Gasteiger partial charge in [-0.05, 0) is 19.9 Å². The second-order valence-corrected chi connectivity index (χ2v) is 6.08. The number of nitrogens with two attached hydrogens (primary N) is 1. The maximum absolute atomic E-state index is 12.6. The number of primary amides is 1. The van der Waals surface area contributed by atoms with Gasteiger partial charge in [0.15, 0.2) is 0 Å². The third-order valence-corrected chi connectivity index (χ3v) is 4.30. The fourth-order valence-corrected chi connectivity index (χ4v) is 3.02. The molecule has 1 aliphatic rings. The van der Waals surface area contributed by atoms with Crippen molar-refractivity contribution in [3.05, 3.63) is 29.8 Å². The van der Waals surface area contributed by atoms with Crippen molar-refractivity contribution in [2.24, 2.45) is 5.73 Å². The highest BCUT2D eigenvalue weighted by molar-refractivity contribution is 5.83. The normalized spacial score (nSPS) is 19.0. The number of nitrogens with zero attached hydrogens (tertiary/aromatic N) is 2. The monoisotopic (exact) mass is 319 g/mol. The predicted octanol–water partition coefficient (Wildman–Crippen LogP) is 0.644. The zero-order valence-electron chi connectivity index (χ0n) is 14.0. The Morgan fingerprint density at radius 1 is 1.30 bits per heavy atom. The van der Waals surface area contributed by atoms with E-state index in [4.69, 9.17) is 10.5 Å². The van der Waals surface area contributed by atoms with E-state index in [1.165, 1.54) is 0 Å². The first-order valence-corrected chi connectivity index (χ1v) is 7.88. The van der Waals surface area contributed by atoms with Crippen LogP contribution in [0.2, 0.25) is 0 Å². The Kier molecular flexibility index (Phi) is 5.60. The third kappa shape index (κ3) is 4.01. The van der Waals surface area contributed by atoms with Crippen LogP contribution in [0.25, 0.3) is 0 Å². The molecule has 0 saturated carbocycles. The minimum atomic E-state index is -0.426. The molecule has 1 aromatic rings. The maximum Gasteiger partial charge on any atom is 0.236 e. The standard InChI is InChI=1S/C17H25N3O3/c1-12(2)20-9-8-19(11-14(20)17(18)22)16(21)10-13-6-4-5-7-15(13)23-3/h4-7,12,14H,8-11H2,1-3H3,(H2,18,22)/t14-/m0/s1. The molecule has 6 heteroatoms. The Bertz CT molecular complexity index is 574. The molecule has 0 aliphatic carbocycles. The minimum absolute atomic E-state index is 0.0100. The summed E-state index contributed by atoms with van der Waals surface area (Å²) >= 11 is 0. The highest BCUT2D eigenvalue weighted by Gasteiger charge is 2.34. The molecule has 2 amide bonds. The van der Waals surface area contributed by atoms with E-state index in [-0.39, 0.29) is 24.3 Å². The quantitative estimate of drug-likeness (QED) is 0.864. The lowest BCUT2D eigenvalue weighted by Crippen LogP contribution is -2.61. The molecule has 0 bridgehead atoms. The molecule has 23 heavy (non-hydrogen) atoms. The van der Waals surface area contributed by atoms with Crippen LogP contribution in [-0.2, 0) is 16.0 Å². The fourth-order valence-electron chi connectivity index (χ4n) is 3.02. The molecule has 1 heterocycles. The van der Waals surface area contributed by atoms with Crippen LogP contribution in [0.5, 0.6) is 5.75 Å². The average molecular weight is 319 g/mol. The number of para-hydroxylation sites is 1. The zero-order valence-corrected chi connectivity index (χ0v) is 14.0. The molecular weight excluding hydrogens is 294 g/mol. The largest absolute Gasteiger partial charge is 0.496 e. The third-order valence-electron chi connectivity index (χ3n) is 4.30. The Labute approximate surface area is 137 Å². The number of ether oxygens (including phenoxy) is 1.